The maximum Gasteiger partial charge on any atom is 0.231 e. The average molecular weight is 263 g/mol. The van der Waals surface area contributed by atoms with Crippen LogP contribution in [-0.4, -0.2) is 10.8 Å². The molecule has 0 fully saturated rings. The molecule has 2 unspecified atom stereocenters. The molecule has 0 amide bonds. The van der Waals surface area contributed by atoms with Crippen molar-refractivity contribution < 1.29 is 9.53 Å². The summed E-state index contributed by atoms with van der Waals surface area (Å²) in [6, 6.07) is 9.86. The molecule has 2 rings (SSSR count). The van der Waals surface area contributed by atoms with Crippen LogP contribution >= 0.6 is 11.6 Å². The normalized spacial score (nSPS) is 26.2. The zero-order valence-corrected chi connectivity index (χ0v) is 10.9. The van der Waals surface area contributed by atoms with Gasteiger partial charge in [-0.1, -0.05) is 54.6 Å². The van der Waals surface area contributed by atoms with Crippen LogP contribution in [0.25, 0.3) is 0 Å². The lowest BCUT2D eigenvalue weighted by Gasteiger charge is -2.33. The number of carbonyl (C=O) groups is 1. The molecule has 0 spiro atoms. The molecule has 0 heterocycles. The second-order valence-corrected chi connectivity index (χ2v) is 4.86. The van der Waals surface area contributed by atoms with E-state index in [1.807, 2.05) is 55.5 Å². The summed E-state index contributed by atoms with van der Waals surface area (Å²) in [6.45, 7) is 2.33. The van der Waals surface area contributed by atoms with Gasteiger partial charge in [0.05, 0.1) is 18.1 Å². The van der Waals surface area contributed by atoms with E-state index in [2.05, 4.69) is 0 Å². The second-order valence-electron chi connectivity index (χ2n) is 4.48. The van der Waals surface area contributed by atoms with E-state index < -0.39 is 16.8 Å². The van der Waals surface area contributed by atoms with Gasteiger partial charge in [0.25, 0.3) is 0 Å². The molecule has 2 atom stereocenters. The Balaban J connectivity index is 2.09. The number of carbonyl (C=O) groups excluding carboxylic acids is 1. The van der Waals surface area contributed by atoms with Crippen molar-refractivity contribution in [3.63, 3.8) is 0 Å². The molecule has 0 bridgehead atoms. The number of hydrogen-bond donors (Lipinski definition) is 0. The van der Waals surface area contributed by atoms with Crippen molar-refractivity contribution in [3.05, 3.63) is 60.2 Å². The fourth-order valence-corrected chi connectivity index (χ4v) is 2.26. The van der Waals surface area contributed by atoms with Gasteiger partial charge in [-0.05, 0) is 24.1 Å². The summed E-state index contributed by atoms with van der Waals surface area (Å²) >= 11 is 5.62. The fourth-order valence-electron chi connectivity index (χ4n) is 1.97. The number of benzene rings is 1. The van der Waals surface area contributed by atoms with Gasteiger partial charge in [-0.25, -0.2) is 0 Å². The number of hydrogen-bond acceptors (Lipinski definition) is 2. The maximum atomic E-state index is 11.4. The lowest BCUT2D eigenvalue weighted by Crippen LogP contribution is -2.39. The summed E-state index contributed by atoms with van der Waals surface area (Å²) in [5.41, 5.74) is 0.395. The standard InChI is InChI=1S/C15H15ClO2/c1-15(10-6-5-9-13(15)14(16)17)18-11-12-7-3-2-4-8-12/h2-10,13H,11H2,1H3. The highest BCUT2D eigenvalue weighted by Gasteiger charge is 2.36. The third-order valence-electron chi connectivity index (χ3n) is 3.10. The molecule has 1 aromatic carbocycles. The predicted octanol–water partition coefficient (Wildman–Crippen LogP) is 3.47. The van der Waals surface area contributed by atoms with Gasteiger partial charge in [-0.15, -0.1) is 0 Å². The highest BCUT2D eigenvalue weighted by atomic mass is 35.5. The van der Waals surface area contributed by atoms with Crippen LogP contribution in [0.3, 0.4) is 0 Å². The van der Waals surface area contributed by atoms with Gasteiger partial charge in [0, 0.05) is 0 Å². The van der Waals surface area contributed by atoms with Crippen LogP contribution in [0.5, 0.6) is 0 Å². The first-order chi connectivity index (χ1) is 8.62. The minimum Gasteiger partial charge on any atom is -0.365 e. The summed E-state index contributed by atoms with van der Waals surface area (Å²) in [4.78, 5) is 11.4. The van der Waals surface area contributed by atoms with Crippen LogP contribution in [0, 0.1) is 5.92 Å². The minimum atomic E-state index is -0.677. The Hall–Kier alpha value is -1.38. The fraction of sp³-hybridized carbons (Fsp3) is 0.267. The van der Waals surface area contributed by atoms with E-state index in [1.54, 1.807) is 6.08 Å². The lowest BCUT2D eigenvalue weighted by molar-refractivity contribution is -0.122. The molecule has 0 aliphatic heterocycles. The van der Waals surface area contributed by atoms with Gasteiger partial charge in [-0.2, -0.15) is 0 Å². The van der Waals surface area contributed by atoms with E-state index in [1.165, 1.54) is 0 Å². The van der Waals surface area contributed by atoms with Crippen molar-refractivity contribution in [2.75, 3.05) is 0 Å². The summed E-state index contributed by atoms with van der Waals surface area (Å²) in [7, 11) is 0. The van der Waals surface area contributed by atoms with Crippen LogP contribution in [0.1, 0.15) is 12.5 Å². The smallest absolute Gasteiger partial charge is 0.231 e. The van der Waals surface area contributed by atoms with Gasteiger partial charge < -0.3 is 4.74 Å². The molecule has 0 saturated carbocycles. The molecule has 1 aliphatic carbocycles. The van der Waals surface area contributed by atoms with E-state index in [-0.39, 0.29) is 0 Å². The van der Waals surface area contributed by atoms with Gasteiger partial charge >= 0.3 is 0 Å². The summed E-state index contributed by atoms with van der Waals surface area (Å²) in [6.07, 6.45) is 7.35. The Morgan fingerprint density at radius 1 is 1.33 bits per heavy atom. The van der Waals surface area contributed by atoms with Crippen molar-refractivity contribution in [1.82, 2.24) is 0 Å². The highest BCUT2D eigenvalue weighted by molar-refractivity contribution is 6.64. The lowest BCUT2D eigenvalue weighted by atomic mass is 9.86. The molecule has 94 valence electrons. The molecule has 0 aromatic heterocycles. The summed E-state index contributed by atoms with van der Waals surface area (Å²) in [5.74, 6) is -0.437. The number of allylic oxidation sites excluding steroid dienone is 2. The van der Waals surface area contributed by atoms with Crippen LogP contribution in [0.2, 0.25) is 0 Å². The van der Waals surface area contributed by atoms with Crippen molar-refractivity contribution in [3.8, 4) is 0 Å². The molecule has 3 heteroatoms. The zero-order valence-electron chi connectivity index (χ0n) is 10.2. The summed E-state index contributed by atoms with van der Waals surface area (Å²) in [5, 5.41) is -0.397. The molecule has 0 N–H and O–H groups in total. The van der Waals surface area contributed by atoms with Crippen molar-refractivity contribution >= 4 is 16.8 Å². The van der Waals surface area contributed by atoms with Crippen molar-refractivity contribution in [2.24, 2.45) is 5.92 Å². The number of halogens is 1. The molecular formula is C15H15ClO2. The van der Waals surface area contributed by atoms with Crippen molar-refractivity contribution in [1.29, 1.82) is 0 Å². The highest BCUT2D eigenvalue weighted by Crippen LogP contribution is 2.31. The first-order valence-electron chi connectivity index (χ1n) is 5.85. The molecule has 1 aliphatic rings. The Kier molecular flexibility index (Phi) is 4.00. The largest absolute Gasteiger partial charge is 0.365 e. The monoisotopic (exact) mass is 262 g/mol. The Labute approximate surface area is 112 Å². The first kappa shape index (κ1) is 13.1. The van der Waals surface area contributed by atoms with Gasteiger partial charge in [0.2, 0.25) is 5.24 Å². The molecule has 0 radical (unpaired) electrons. The van der Waals surface area contributed by atoms with Gasteiger partial charge in [0.1, 0.15) is 0 Å². The van der Waals surface area contributed by atoms with Crippen LogP contribution < -0.4 is 0 Å². The molecule has 18 heavy (non-hydrogen) atoms. The molecule has 0 saturated heterocycles. The summed E-state index contributed by atoms with van der Waals surface area (Å²) < 4.78 is 5.89. The van der Waals surface area contributed by atoms with Crippen LogP contribution in [-0.2, 0) is 16.1 Å². The van der Waals surface area contributed by atoms with Crippen LogP contribution in [0.15, 0.2) is 54.6 Å². The topological polar surface area (TPSA) is 26.3 Å². The van der Waals surface area contributed by atoms with Gasteiger partial charge in [0.15, 0.2) is 0 Å². The minimum absolute atomic E-state index is 0.397. The third-order valence-corrected chi connectivity index (χ3v) is 3.33. The second kappa shape index (κ2) is 5.51. The Morgan fingerprint density at radius 3 is 2.72 bits per heavy atom. The zero-order chi connectivity index (χ0) is 13.0. The molecule has 2 nitrogen and oxygen atoms in total. The molecular weight excluding hydrogens is 248 g/mol. The van der Waals surface area contributed by atoms with Gasteiger partial charge in [-0.3, -0.25) is 4.79 Å². The quantitative estimate of drug-likeness (QED) is 0.777. The first-order valence-corrected chi connectivity index (χ1v) is 6.23. The van der Waals surface area contributed by atoms with E-state index in [4.69, 9.17) is 16.3 Å². The number of rotatable bonds is 4. The van der Waals surface area contributed by atoms with E-state index >= 15 is 0 Å². The Morgan fingerprint density at radius 2 is 2.06 bits per heavy atom. The maximum absolute atomic E-state index is 11.4. The third kappa shape index (κ3) is 2.89. The number of ether oxygens (including phenoxy) is 1. The molecule has 1 aromatic rings. The predicted molar refractivity (Wildman–Crippen MR) is 72.3 cm³/mol. The SMILES string of the molecule is CC1(OCc2ccccc2)C=CC=CC1C(=O)Cl. The van der Waals surface area contributed by atoms with E-state index in [0.717, 1.165) is 5.56 Å². The van der Waals surface area contributed by atoms with E-state index in [9.17, 15) is 4.79 Å². The Bertz CT molecular complexity index is 479. The van der Waals surface area contributed by atoms with Crippen LogP contribution in [0.4, 0.5) is 0 Å². The average Bonchev–Trinajstić information content (AvgIpc) is 2.38. The van der Waals surface area contributed by atoms with Crippen molar-refractivity contribution in [2.45, 2.75) is 19.1 Å². The van der Waals surface area contributed by atoms with E-state index in [0.29, 0.717) is 6.61 Å².